The smallest absolute Gasteiger partial charge is 0.0485 e. The lowest BCUT2D eigenvalue weighted by atomic mass is 10.1. The molecule has 0 aliphatic carbocycles. The second-order valence-electron chi connectivity index (χ2n) is 4.47. The van der Waals surface area contributed by atoms with E-state index >= 15 is 0 Å². The highest BCUT2D eigenvalue weighted by Crippen LogP contribution is 2.23. The van der Waals surface area contributed by atoms with E-state index in [9.17, 15) is 0 Å². The molecule has 1 saturated heterocycles. The predicted octanol–water partition coefficient (Wildman–Crippen LogP) is 3.00. The molecule has 2 heteroatoms. The first-order valence-electron chi connectivity index (χ1n) is 6.22. The molecule has 88 valence electrons. The van der Waals surface area contributed by atoms with Crippen LogP contribution in [0.2, 0.25) is 0 Å². The molecule has 1 fully saturated rings. The summed E-state index contributed by atoms with van der Waals surface area (Å²) >= 11 is 0. The monoisotopic (exact) mass is 219 g/mol. The maximum Gasteiger partial charge on any atom is 0.0485 e. The van der Waals surface area contributed by atoms with E-state index in [-0.39, 0.29) is 0 Å². The van der Waals surface area contributed by atoms with Crippen LogP contribution in [0.3, 0.4) is 0 Å². The Morgan fingerprint density at radius 3 is 2.69 bits per heavy atom. The highest BCUT2D eigenvalue weighted by atomic mass is 16.5. The SMILES string of the molecule is CCN(c1cccc(C)c1)C1CCOCC1. The van der Waals surface area contributed by atoms with Crippen molar-refractivity contribution in [3.8, 4) is 0 Å². The van der Waals surface area contributed by atoms with Crippen molar-refractivity contribution in [2.24, 2.45) is 0 Å². The Morgan fingerprint density at radius 1 is 1.31 bits per heavy atom. The number of hydrogen-bond donors (Lipinski definition) is 0. The lowest BCUT2D eigenvalue weighted by Gasteiger charge is -2.35. The highest BCUT2D eigenvalue weighted by molar-refractivity contribution is 5.49. The van der Waals surface area contributed by atoms with Crippen molar-refractivity contribution in [3.05, 3.63) is 29.8 Å². The van der Waals surface area contributed by atoms with Gasteiger partial charge in [0.05, 0.1) is 0 Å². The van der Waals surface area contributed by atoms with E-state index in [4.69, 9.17) is 4.74 Å². The maximum absolute atomic E-state index is 5.43. The molecule has 0 saturated carbocycles. The van der Waals surface area contributed by atoms with Crippen molar-refractivity contribution >= 4 is 5.69 Å². The zero-order valence-corrected chi connectivity index (χ0v) is 10.3. The van der Waals surface area contributed by atoms with E-state index in [2.05, 4.69) is 43.0 Å². The summed E-state index contributed by atoms with van der Waals surface area (Å²) in [5.41, 5.74) is 2.69. The molecule has 0 unspecified atom stereocenters. The lowest BCUT2D eigenvalue weighted by Crippen LogP contribution is -2.39. The van der Waals surface area contributed by atoms with Crippen molar-refractivity contribution in [1.82, 2.24) is 0 Å². The minimum Gasteiger partial charge on any atom is -0.381 e. The van der Waals surface area contributed by atoms with Crippen LogP contribution in [-0.2, 0) is 4.74 Å². The van der Waals surface area contributed by atoms with Gasteiger partial charge < -0.3 is 9.64 Å². The van der Waals surface area contributed by atoms with E-state index in [0.717, 1.165) is 32.6 Å². The third-order valence-electron chi connectivity index (χ3n) is 3.31. The summed E-state index contributed by atoms with van der Waals surface area (Å²) in [6.45, 7) is 7.28. The van der Waals surface area contributed by atoms with E-state index in [1.54, 1.807) is 0 Å². The topological polar surface area (TPSA) is 12.5 Å². The molecule has 1 aromatic carbocycles. The fourth-order valence-corrected chi connectivity index (χ4v) is 2.46. The molecule has 0 radical (unpaired) electrons. The van der Waals surface area contributed by atoms with Gasteiger partial charge in [0.25, 0.3) is 0 Å². The van der Waals surface area contributed by atoms with Gasteiger partial charge in [-0.3, -0.25) is 0 Å². The van der Waals surface area contributed by atoms with Crippen LogP contribution in [-0.4, -0.2) is 25.8 Å². The molecule has 16 heavy (non-hydrogen) atoms. The van der Waals surface area contributed by atoms with Gasteiger partial charge >= 0.3 is 0 Å². The number of nitrogens with zero attached hydrogens (tertiary/aromatic N) is 1. The third kappa shape index (κ3) is 2.56. The number of anilines is 1. The molecule has 0 atom stereocenters. The minimum atomic E-state index is 0.653. The van der Waals surface area contributed by atoms with Crippen molar-refractivity contribution in [2.75, 3.05) is 24.7 Å². The largest absolute Gasteiger partial charge is 0.381 e. The van der Waals surface area contributed by atoms with E-state index in [1.165, 1.54) is 11.3 Å². The van der Waals surface area contributed by atoms with E-state index in [0.29, 0.717) is 6.04 Å². The third-order valence-corrected chi connectivity index (χ3v) is 3.31. The van der Waals surface area contributed by atoms with Crippen molar-refractivity contribution in [3.63, 3.8) is 0 Å². The molecule has 1 heterocycles. The van der Waals surface area contributed by atoms with Gasteiger partial charge in [0.2, 0.25) is 0 Å². The van der Waals surface area contributed by atoms with Gasteiger partial charge in [-0.1, -0.05) is 12.1 Å². The van der Waals surface area contributed by atoms with Crippen LogP contribution in [0.5, 0.6) is 0 Å². The Labute approximate surface area is 98.2 Å². The Kier molecular flexibility index (Phi) is 3.83. The summed E-state index contributed by atoms with van der Waals surface area (Å²) in [6.07, 6.45) is 2.31. The molecular formula is C14H21NO. The quantitative estimate of drug-likeness (QED) is 0.775. The fraction of sp³-hybridized carbons (Fsp3) is 0.571. The van der Waals surface area contributed by atoms with Gasteiger partial charge in [-0.05, 0) is 44.4 Å². The molecule has 0 aromatic heterocycles. The Morgan fingerprint density at radius 2 is 2.06 bits per heavy atom. The second kappa shape index (κ2) is 5.35. The van der Waals surface area contributed by atoms with Gasteiger partial charge in [0, 0.05) is 31.5 Å². The molecule has 1 aliphatic heterocycles. The number of rotatable bonds is 3. The summed E-state index contributed by atoms with van der Waals surface area (Å²) in [4.78, 5) is 2.51. The maximum atomic E-state index is 5.43. The number of benzene rings is 1. The Hall–Kier alpha value is -1.02. The van der Waals surface area contributed by atoms with Gasteiger partial charge in [-0.15, -0.1) is 0 Å². The van der Waals surface area contributed by atoms with Gasteiger partial charge in [-0.25, -0.2) is 0 Å². The standard InChI is InChI=1S/C14H21NO/c1-3-15(13-7-9-16-10-8-13)14-6-4-5-12(2)11-14/h4-6,11,13H,3,7-10H2,1-2H3. The summed E-state index contributed by atoms with van der Waals surface area (Å²) in [6, 6.07) is 9.44. The van der Waals surface area contributed by atoms with Gasteiger partial charge in [0.1, 0.15) is 0 Å². The summed E-state index contributed by atoms with van der Waals surface area (Å²) < 4.78 is 5.43. The predicted molar refractivity (Wildman–Crippen MR) is 68.0 cm³/mol. The number of aryl methyl sites for hydroxylation is 1. The van der Waals surface area contributed by atoms with Crippen LogP contribution in [0, 0.1) is 6.92 Å². The molecule has 2 rings (SSSR count). The second-order valence-corrected chi connectivity index (χ2v) is 4.47. The zero-order chi connectivity index (χ0) is 11.4. The minimum absolute atomic E-state index is 0.653. The molecule has 1 aliphatic rings. The van der Waals surface area contributed by atoms with Crippen molar-refractivity contribution in [1.29, 1.82) is 0 Å². The Bertz CT molecular complexity index is 331. The molecule has 0 N–H and O–H groups in total. The molecule has 0 spiro atoms. The molecule has 0 amide bonds. The normalized spacial score (nSPS) is 17.4. The van der Waals surface area contributed by atoms with Crippen LogP contribution in [0.15, 0.2) is 24.3 Å². The molecule has 1 aromatic rings. The van der Waals surface area contributed by atoms with Crippen LogP contribution < -0.4 is 4.90 Å². The van der Waals surface area contributed by atoms with Gasteiger partial charge in [-0.2, -0.15) is 0 Å². The number of hydrogen-bond acceptors (Lipinski definition) is 2. The average molecular weight is 219 g/mol. The van der Waals surface area contributed by atoms with Gasteiger partial charge in [0.15, 0.2) is 0 Å². The summed E-state index contributed by atoms with van der Waals surface area (Å²) in [7, 11) is 0. The highest BCUT2D eigenvalue weighted by Gasteiger charge is 2.20. The number of ether oxygens (including phenoxy) is 1. The van der Waals surface area contributed by atoms with E-state index < -0.39 is 0 Å². The van der Waals surface area contributed by atoms with Crippen LogP contribution >= 0.6 is 0 Å². The van der Waals surface area contributed by atoms with E-state index in [1.807, 2.05) is 0 Å². The first-order chi connectivity index (χ1) is 7.81. The zero-order valence-electron chi connectivity index (χ0n) is 10.3. The van der Waals surface area contributed by atoms with Crippen LogP contribution in [0.1, 0.15) is 25.3 Å². The lowest BCUT2D eigenvalue weighted by molar-refractivity contribution is 0.0846. The fourth-order valence-electron chi connectivity index (χ4n) is 2.46. The molecule has 2 nitrogen and oxygen atoms in total. The first kappa shape index (κ1) is 11.5. The average Bonchev–Trinajstić information content (AvgIpc) is 2.31. The molecular weight excluding hydrogens is 198 g/mol. The van der Waals surface area contributed by atoms with Crippen LogP contribution in [0.25, 0.3) is 0 Å². The Balaban J connectivity index is 2.14. The van der Waals surface area contributed by atoms with Crippen molar-refractivity contribution < 1.29 is 4.74 Å². The molecule has 0 bridgehead atoms. The summed E-state index contributed by atoms with van der Waals surface area (Å²) in [5, 5.41) is 0. The van der Waals surface area contributed by atoms with Crippen molar-refractivity contribution in [2.45, 2.75) is 32.7 Å². The summed E-state index contributed by atoms with van der Waals surface area (Å²) in [5.74, 6) is 0. The first-order valence-corrected chi connectivity index (χ1v) is 6.22. The van der Waals surface area contributed by atoms with Crippen LogP contribution in [0.4, 0.5) is 5.69 Å².